The number of aromatic nitrogens is 2. The van der Waals surface area contributed by atoms with Crippen LogP contribution in [0.25, 0.3) is 0 Å². The maximum atomic E-state index is 12.7. The first-order chi connectivity index (χ1) is 4.88. The van der Waals surface area contributed by atoms with E-state index in [0.29, 0.717) is 12.2 Å². The van der Waals surface area contributed by atoms with Crippen LogP contribution in [-0.2, 0) is 13.1 Å². The Labute approximate surface area is 57.8 Å². The summed E-state index contributed by atoms with van der Waals surface area (Å²) in [6.45, 7) is 2.26. The van der Waals surface area contributed by atoms with Gasteiger partial charge in [0.2, 0.25) is 0 Å². The smallest absolute Gasteiger partial charge is 0.165 e. The van der Waals surface area contributed by atoms with Crippen LogP contribution in [0.15, 0.2) is 6.20 Å². The third-order valence-corrected chi connectivity index (χ3v) is 1.69. The fraction of sp³-hybridized carbons (Fsp3) is 0.500. The Hall–Kier alpha value is -0.900. The van der Waals surface area contributed by atoms with E-state index in [9.17, 15) is 4.39 Å². The van der Waals surface area contributed by atoms with Crippen LogP contribution in [0.5, 0.6) is 0 Å². The van der Waals surface area contributed by atoms with Crippen LogP contribution in [0.3, 0.4) is 0 Å². The van der Waals surface area contributed by atoms with Gasteiger partial charge in [0.15, 0.2) is 5.82 Å². The summed E-state index contributed by atoms with van der Waals surface area (Å²) in [6, 6.07) is 0. The van der Waals surface area contributed by atoms with Crippen LogP contribution in [-0.4, -0.2) is 16.3 Å². The van der Waals surface area contributed by atoms with Crippen molar-refractivity contribution in [1.29, 1.82) is 0 Å². The molecule has 54 valence electrons. The van der Waals surface area contributed by atoms with Crippen molar-refractivity contribution in [2.75, 3.05) is 6.54 Å². The predicted octanol–water partition coefficient (Wildman–Crippen LogP) is 0.125. The molecule has 2 heterocycles. The molecule has 0 bridgehead atoms. The minimum atomic E-state index is -0.202. The normalized spacial score (nSPS) is 16.9. The number of halogens is 1. The Morgan fingerprint density at radius 2 is 2.60 bits per heavy atom. The monoisotopic (exact) mass is 141 g/mol. The Bertz CT molecular complexity index is 243. The van der Waals surface area contributed by atoms with Crippen molar-refractivity contribution < 1.29 is 4.39 Å². The Morgan fingerprint density at radius 1 is 1.70 bits per heavy atom. The minimum Gasteiger partial charge on any atom is -0.309 e. The van der Waals surface area contributed by atoms with Crippen molar-refractivity contribution in [3.63, 3.8) is 0 Å². The zero-order valence-electron chi connectivity index (χ0n) is 5.47. The van der Waals surface area contributed by atoms with Crippen molar-refractivity contribution in [2.45, 2.75) is 13.1 Å². The van der Waals surface area contributed by atoms with Crippen molar-refractivity contribution in [1.82, 2.24) is 15.1 Å². The molecule has 0 saturated heterocycles. The van der Waals surface area contributed by atoms with E-state index in [2.05, 4.69) is 10.4 Å². The zero-order chi connectivity index (χ0) is 6.97. The van der Waals surface area contributed by atoms with Gasteiger partial charge in [0.1, 0.15) is 0 Å². The lowest BCUT2D eigenvalue weighted by atomic mass is 10.3. The second-order valence-electron chi connectivity index (χ2n) is 2.34. The van der Waals surface area contributed by atoms with Gasteiger partial charge in [-0.1, -0.05) is 0 Å². The van der Waals surface area contributed by atoms with Gasteiger partial charge >= 0.3 is 0 Å². The second kappa shape index (κ2) is 2.05. The van der Waals surface area contributed by atoms with E-state index in [1.807, 2.05) is 0 Å². The van der Waals surface area contributed by atoms with Crippen LogP contribution in [0, 0.1) is 5.82 Å². The minimum absolute atomic E-state index is 0.202. The lowest BCUT2D eigenvalue weighted by Gasteiger charge is -2.13. The SMILES string of the molecule is Fc1cnn2c1CNCC2. The molecule has 0 radical (unpaired) electrons. The fourth-order valence-corrected chi connectivity index (χ4v) is 1.15. The molecular formula is C6H8FN3. The highest BCUT2D eigenvalue weighted by molar-refractivity contribution is 5.05. The average molecular weight is 141 g/mol. The lowest BCUT2D eigenvalue weighted by Crippen LogP contribution is -2.28. The number of nitrogens with one attached hydrogen (secondary N) is 1. The third kappa shape index (κ3) is 0.724. The van der Waals surface area contributed by atoms with Gasteiger partial charge in [-0.2, -0.15) is 5.10 Å². The molecule has 0 aliphatic carbocycles. The van der Waals surface area contributed by atoms with E-state index < -0.39 is 0 Å². The van der Waals surface area contributed by atoms with Crippen LogP contribution in [0.4, 0.5) is 4.39 Å². The van der Waals surface area contributed by atoms with E-state index >= 15 is 0 Å². The van der Waals surface area contributed by atoms with E-state index in [-0.39, 0.29) is 5.82 Å². The molecule has 1 N–H and O–H groups in total. The Morgan fingerprint density at radius 3 is 3.40 bits per heavy atom. The van der Waals surface area contributed by atoms with E-state index in [1.54, 1.807) is 4.68 Å². The van der Waals surface area contributed by atoms with Crippen molar-refractivity contribution >= 4 is 0 Å². The number of hydrogen-bond donors (Lipinski definition) is 1. The van der Waals surface area contributed by atoms with Crippen molar-refractivity contribution in [2.24, 2.45) is 0 Å². The summed E-state index contributed by atoms with van der Waals surface area (Å²) in [5.74, 6) is -0.202. The number of fused-ring (bicyclic) bond motifs is 1. The molecule has 0 amide bonds. The van der Waals surface area contributed by atoms with Crippen LogP contribution >= 0.6 is 0 Å². The Kier molecular flexibility index (Phi) is 1.20. The van der Waals surface area contributed by atoms with Gasteiger partial charge in [-0.15, -0.1) is 0 Å². The van der Waals surface area contributed by atoms with E-state index in [4.69, 9.17) is 0 Å². The molecule has 0 spiro atoms. The average Bonchev–Trinajstić information content (AvgIpc) is 2.34. The first-order valence-corrected chi connectivity index (χ1v) is 3.29. The van der Waals surface area contributed by atoms with Crippen LogP contribution in [0.1, 0.15) is 5.69 Å². The summed E-state index contributed by atoms with van der Waals surface area (Å²) in [5.41, 5.74) is 0.672. The molecule has 0 saturated carbocycles. The van der Waals surface area contributed by atoms with Gasteiger partial charge in [-0.3, -0.25) is 4.68 Å². The first kappa shape index (κ1) is 5.85. The Balaban J connectivity index is 2.45. The summed E-state index contributed by atoms with van der Waals surface area (Å²) in [7, 11) is 0. The van der Waals surface area contributed by atoms with Crippen molar-refractivity contribution in [3.05, 3.63) is 17.7 Å². The molecule has 0 aromatic carbocycles. The molecule has 4 heteroatoms. The number of rotatable bonds is 0. The summed E-state index contributed by atoms with van der Waals surface area (Å²) in [4.78, 5) is 0. The summed E-state index contributed by atoms with van der Waals surface area (Å²) in [5, 5.41) is 6.92. The van der Waals surface area contributed by atoms with E-state index in [0.717, 1.165) is 13.1 Å². The molecule has 2 rings (SSSR count). The fourth-order valence-electron chi connectivity index (χ4n) is 1.15. The molecule has 3 nitrogen and oxygen atoms in total. The maximum Gasteiger partial charge on any atom is 0.165 e. The number of nitrogens with zero attached hydrogens (tertiary/aromatic N) is 2. The summed E-state index contributed by atoms with van der Waals surface area (Å²) in [6.07, 6.45) is 1.27. The summed E-state index contributed by atoms with van der Waals surface area (Å²) < 4.78 is 14.4. The lowest BCUT2D eigenvalue weighted by molar-refractivity contribution is 0.459. The van der Waals surface area contributed by atoms with Crippen molar-refractivity contribution in [3.8, 4) is 0 Å². The first-order valence-electron chi connectivity index (χ1n) is 3.29. The van der Waals surface area contributed by atoms with Crippen LogP contribution in [0.2, 0.25) is 0 Å². The molecular weight excluding hydrogens is 133 g/mol. The van der Waals surface area contributed by atoms with Gasteiger partial charge in [-0.05, 0) is 0 Å². The zero-order valence-corrected chi connectivity index (χ0v) is 5.47. The molecule has 10 heavy (non-hydrogen) atoms. The molecule has 1 aromatic rings. The quantitative estimate of drug-likeness (QED) is 0.556. The molecule has 1 aromatic heterocycles. The standard InChI is InChI=1S/C6H8FN3/c7-5-3-9-10-2-1-8-4-6(5)10/h3,8H,1-2,4H2. The highest BCUT2D eigenvalue weighted by Crippen LogP contribution is 2.07. The highest BCUT2D eigenvalue weighted by atomic mass is 19.1. The molecule has 0 unspecified atom stereocenters. The topological polar surface area (TPSA) is 29.9 Å². The largest absolute Gasteiger partial charge is 0.309 e. The second-order valence-corrected chi connectivity index (χ2v) is 2.34. The van der Waals surface area contributed by atoms with Gasteiger partial charge in [0.25, 0.3) is 0 Å². The van der Waals surface area contributed by atoms with Gasteiger partial charge < -0.3 is 5.32 Å². The highest BCUT2D eigenvalue weighted by Gasteiger charge is 2.12. The van der Waals surface area contributed by atoms with Gasteiger partial charge in [0, 0.05) is 13.1 Å². The molecule has 1 aliphatic heterocycles. The molecule has 1 aliphatic rings. The maximum absolute atomic E-state index is 12.7. The van der Waals surface area contributed by atoms with E-state index in [1.165, 1.54) is 6.20 Å². The predicted molar refractivity (Wildman–Crippen MR) is 33.9 cm³/mol. The molecule has 0 atom stereocenters. The van der Waals surface area contributed by atoms with Crippen LogP contribution < -0.4 is 5.32 Å². The molecule has 0 fully saturated rings. The van der Waals surface area contributed by atoms with Gasteiger partial charge in [0.05, 0.1) is 18.4 Å². The third-order valence-electron chi connectivity index (χ3n) is 1.69. The number of hydrogen-bond acceptors (Lipinski definition) is 2. The summed E-state index contributed by atoms with van der Waals surface area (Å²) >= 11 is 0. The van der Waals surface area contributed by atoms with Gasteiger partial charge in [-0.25, -0.2) is 4.39 Å².